The van der Waals surface area contributed by atoms with Gasteiger partial charge in [0, 0.05) is 19.8 Å². The molecule has 1 amide bonds. The summed E-state index contributed by atoms with van der Waals surface area (Å²) < 4.78 is 1.63. The molecular formula is C18H19N3O2S. The topological polar surface area (TPSA) is 67.2 Å². The van der Waals surface area contributed by atoms with Gasteiger partial charge in [-0.25, -0.2) is 0 Å². The second-order valence-electron chi connectivity index (χ2n) is 5.68. The summed E-state index contributed by atoms with van der Waals surface area (Å²) in [5.74, 6) is -0.238. The van der Waals surface area contributed by atoms with E-state index < -0.39 is 6.10 Å². The molecule has 2 aromatic heterocycles. The van der Waals surface area contributed by atoms with Crippen LogP contribution in [-0.2, 0) is 7.05 Å². The Morgan fingerprint density at radius 3 is 2.92 bits per heavy atom. The number of benzene rings is 1. The molecule has 2 N–H and O–H groups in total. The van der Waals surface area contributed by atoms with E-state index in [2.05, 4.69) is 10.4 Å². The average Bonchev–Trinajstić information content (AvgIpc) is 3.21. The van der Waals surface area contributed by atoms with Crippen LogP contribution < -0.4 is 5.32 Å². The summed E-state index contributed by atoms with van der Waals surface area (Å²) in [6, 6.07) is 11.5. The van der Waals surface area contributed by atoms with Gasteiger partial charge in [-0.05, 0) is 23.9 Å². The highest BCUT2D eigenvalue weighted by Gasteiger charge is 2.18. The Kier molecular flexibility index (Phi) is 4.78. The minimum absolute atomic E-state index is 0.154. The number of nitrogens with one attached hydrogen (secondary N) is 1. The Morgan fingerprint density at radius 2 is 2.21 bits per heavy atom. The number of hydrogen-bond acceptors (Lipinski definition) is 4. The predicted octanol–water partition coefficient (Wildman–Crippen LogP) is 2.92. The Bertz CT molecular complexity index is 840. The fourth-order valence-corrected chi connectivity index (χ4v) is 3.25. The van der Waals surface area contributed by atoms with Gasteiger partial charge in [0.2, 0.25) is 0 Å². The maximum absolute atomic E-state index is 12.5. The zero-order valence-corrected chi connectivity index (χ0v) is 14.4. The summed E-state index contributed by atoms with van der Waals surface area (Å²) in [7, 11) is 1.79. The van der Waals surface area contributed by atoms with E-state index in [9.17, 15) is 9.90 Å². The molecule has 0 saturated carbocycles. The molecule has 0 bridgehead atoms. The summed E-state index contributed by atoms with van der Waals surface area (Å²) in [6.07, 6.45) is 0.958. The van der Waals surface area contributed by atoms with Gasteiger partial charge < -0.3 is 10.4 Å². The predicted molar refractivity (Wildman–Crippen MR) is 95.0 cm³/mol. The van der Waals surface area contributed by atoms with Crippen molar-refractivity contribution < 1.29 is 9.90 Å². The number of nitrogens with zero attached hydrogens (tertiary/aromatic N) is 2. The molecule has 0 saturated heterocycles. The normalized spacial score (nSPS) is 12.1. The molecule has 0 spiro atoms. The summed E-state index contributed by atoms with van der Waals surface area (Å²) in [4.78, 5) is 13.5. The van der Waals surface area contributed by atoms with Crippen molar-refractivity contribution in [3.63, 3.8) is 0 Å². The maximum atomic E-state index is 12.5. The highest BCUT2D eigenvalue weighted by Crippen LogP contribution is 2.26. The molecule has 0 aliphatic rings. The van der Waals surface area contributed by atoms with E-state index in [0.717, 1.165) is 16.0 Å². The lowest BCUT2D eigenvalue weighted by molar-refractivity contribution is 0.0917. The van der Waals surface area contributed by atoms with Crippen molar-refractivity contribution in [3.8, 4) is 10.6 Å². The lowest BCUT2D eigenvalue weighted by atomic mass is 10.1. The number of carbonyl (C=O) groups is 1. The smallest absolute Gasteiger partial charge is 0.255 e. The van der Waals surface area contributed by atoms with Crippen molar-refractivity contribution in [3.05, 3.63) is 64.7 Å². The van der Waals surface area contributed by atoms with Gasteiger partial charge in [-0.2, -0.15) is 5.10 Å². The third-order valence-electron chi connectivity index (χ3n) is 3.71. The standard InChI is InChI=1S/C18H19N3O2S/c1-12-5-3-6-13(9-12)15(22)10-19-18(23)14-11-21(2)20-17(14)16-7-4-8-24-16/h3-9,11,15,22H,10H2,1-2H3,(H,19,23). The van der Waals surface area contributed by atoms with E-state index >= 15 is 0 Å². The molecule has 3 aromatic rings. The van der Waals surface area contributed by atoms with Gasteiger partial charge in [0.05, 0.1) is 16.5 Å². The molecule has 124 valence electrons. The molecule has 0 aliphatic heterocycles. The molecular weight excluding hydrogens is 322 g/mol. The number of aromatic nitrogens is 2. The molecule has 6 heteroatoms. The van der Waals surface area contributed by atoms with Crippen LogP contribution in [0.4, 0.5) is 0 Å². The molecule has 0 radical (unpaired) electrons. The minimum atomic E-state index is -0.740. The second kappa shape index (κ2) is 6.98. The van der Waals surface area contributed by atoms with Gasteiger partial charge in [0.1, 0.15) is 5.69 Å². The van der Waals surface area contributed by atoms with Crippen molar-refractivity contribution in [1.82, 2.24) is 15.1 Å². The maximum Gasteiger partial charge on any atom is 0.255 e. The number of rotatable bonds is 5. The van der Waals surface area contributed by atoms with Crippen LogP contribution in [0.25, 0.3) is 10.6 Å². The quantitative estimate of drug-likeness (QED) is 0.750. The zero-order valence-electron chi connectivity index (χ0n) is 13.6. The van der Waals surface area contributed by atoms with Gasteiger partial charge in [-0.15, -0.1) is 11.3 Å². The molecule has 2 heterocycles. The Morgan fingerprint density at radius 1 is 1.38 bits per heavy atom. The van der Waals surface area contributed by atoms with E-state index in [1.807, 2.05) is 48.7 Å². The molecule has 0 fully saturated rings. The van der Waals surface area contributed by atoms with E-state index in [4.69, 9.17) is 0 Å². The highest BCUT2D eigenvalue weighted by molar-refractivity contribution is 7.13. The van der Waals surface area contributed by atoms with Gasteiger partial charge in [0.15, 0.2) is 0 Å². The number of aliphatic hydroxyl groups is 1. The van der Waals surface area contributed by atoms with Gasteiger partial charge in [-0.3, -0.25) is 9.48 Å². The van der Waals surface area contributed by atoms with Crippen molar-refractivity contribution in [2.45, 2.75) is 13.0 Å². The van der Waals surface area contributed by atoms with E-state index in [-0.39, 0.29) is 12.5 Å². The SMILES string of the molecule is Cc1cccc(C(O)CNC(=O)c2cn(C)nc2-c2cccs2)c1. The molecule has 0 aliphatic carbocycles. The van der Waals surface area contributed by atoms with Crippen LogP contribution >= 0.6 is 11.3 Å². The van der Waals surface area contributed by atoms with Crippen molar-refractivity contribution >= 4 is 17.2 Å². The van der Waals surface area contributed by atoms with Gasteiger partial charge in [-0.1, -0.05) is 35.9 Å². The number of aliphatic hydroxyl groups excluding tert-OH is 1. The fraction of sp³-hybridized carbons (Fsp3) is 0.222. The van der Waals surface area contributed by atoms with Gasteiger partial charge >= 0.3 is 0 Å². The lowest BCUT2D eigenvalue weighted by Gasteiger charge is -2.12. The van der Waals surface area contributed by atoms with Gasteiger partial charge in [0.25, 0.3) is 5.91 Å². The number of thiophene rings is 1. The van der Waals surface area contributed by atoms with Crippen LogP contribution in [0.15, 0.2) is 48.0 Å². The van der Waals surface area contributed by atoms with Crippen molar-refractivity contribution in [2.75, 3.05) is 6.54 Å². The third-order valence-corrected chi connectivity index (χ3v) is 4.59. The van der Waals surface area contributed by atoms with Crippen molar-refractivity contribution in [1.29, 1.82) is 0 Å². The summed E-state index contributed by atoms with van der Waals surface area (Å²) >= 11 is 1.54. The molecule has 1 atom stereocenters. The first-order valence-corrected chi connectivity index (χ1v) is 8.53. The zero-order chi connectivity index (χ0) is 17.1. The number of hydrogen-bond donors (Lipinski definition) is 2. The van der Waals surface area contributed by atoms with Crippen LogP contribution in [0.3, 0.4) is 0 Å². The summed E-state index contributed by atoms with van der Waals surface area (Å²) in [6.45, 7) is 2.12. The van der Waals surface area contributed by atoms with Crippen LogP contribution in [0, 0.1) is 6.92 Å². The average molecular weight is 341 g/mol. The largest absolute Gasteiger partial charge is 0.387 e. The summed E-state index contributed by atoms with van der Waals surface area (Å²) in [5.41, 5.74) is 3.04. The Labute approximate surface area is 144 Å². The van der Waals surface area contributed by atoms with Crippen LogP contribution in [-0.4, -0.2) is 27.3 Å². The number of aryl methyl sites for hydroxylation is 2. The van der Waals surface area contributed by atoms with E-state index in [1.165, 1.54) is 11.3 Å². The minimum Gasteiger partial charge on any atom is -0.387 e. The first kappa shape index (κ1) is 16.4. The first-order chi connectivity index (χ1) is 11.5. The first-order valence-electron chi connectivity index (χ1n) is 7.65. The third kappa shape index (κ3) is 3.55. The Hall–Kier alpha value is -2.44. The molecule has 5 nitrogen and oxygen atoms in total. The fourth-order valence-electron chi connectivity index (χ4n) is 2.53. The molecule has 1 aromatic carbocycles. The highest BCUT2D eigenvalue weighted by atomic mass is 32.1. The second-order valence-corrected chi connectivity index (χ2v) is 6.63. The number of carbonyl (C=O) groups excluding carboxylic acids is 1. The van der Waals surface area contributed by atoms with E-state index in [0.29, 0.717) is 11.3 Å². The molecule has 1 unspecified atom stereocenters. The monoisotopic (exact) mass is 341 g/mol. The lowest BCUT2D eigenvalue weighted by Crippen LogP contribution is -2.28. The molecule has 3 rings (SSSR count). The van der Waals surface area contributed by atoms with Crippen LogP contribution in [0.5, 0.6) is 0 Å². The Balaban J connectivity index is 1.72. The van der Waals surface area contributed by atoms with Crippen molar-refractivity contribution in [2.24, 2.45) is 7.05 Å². The summed E-state index contributed by atoms with van der Waals surface area (Å²) in [5, 5.41) is 19.4. The van der Waals surface area contributed by atoms with E-state index in [1.54, 1.807) is 17.9 Å². The molecule has 24 heavy (non-hydrogen) atoms. The van der Waals surface area contributed by atoms with Crippen LogP contribution in [0.2, 0.25) is 0 Å². The van der Waals surface area contributed by atoms with Crippen LogP contribution in [0.1, 0.15) is 27.6 Å². The number of amides is 1.